The first-order valence-corrected chi connectivity index (χ1v) is 10.4. The molecule has 0 unspecified atom stereocenters. The fraction of sp³-hybridized carbons (Fsp3) is 0.120. The van der Waals surface area contributed by atoms with Crippen molar-refractivity contribution in [3.63, 3.8) is 0 Å². The van der Waals surface area contributed by atoms with Crippen LogP contribution in [-0.4, -0.2) is 32.6 Å². The summed E-state index contributed by atoms with van der Waals surface area (Å²) in [6.45, 7) is 2.51. The molecule has 2 aromatic heterocycles. The molecule has 2 N–H and O–H groups in total. The maximum Gasteiger partial charge on any atom is 0.251 e. The Morgan fingerprint density at radius 1 is 0.938 bits per heavy atom. The number of carbonyl (C=O) groups is 1. The van der Waals surface area contributed by atoms with Crippen LogP contribution >= 0.6 is 0 Å². The second-order valence-electron chi connectivity index (χ2n) is 7.57. The first-order valence-electron chi connectivity index (χ1n) is 10.4. The number of para-hydroxylation sites is 2. The molecule has 0 saturated heterocycles. The second kappa shape index (κ2) is 8.47. The van der Waals surface area contributed by atoms with Crippen molar-refractivity contribution >= 4 is 16.9 Å². The predicted octanol–water partition coefficient (Wildman–Crippen LogP) is 4.56. The molecule has 32 heavy (non-hydrogen) atoms. The van der Waals surface area contributed by atoms with E-state index in [1.807, 2.05) is 67.6 Å². The molecule has 3 aromatic carbocycles. The predicted molar refractivity (Wildman–Crippen MR) is 122 cm³/mol. The lowest BCUT2D eigenvalue weighted by Gasteiger charge is -2.04. The van der Waals surface area contributed by atoms with Gasteiger partial charge in [-0.05, 0) is 55.5 Å². The lowest BCUT2D eigenvalue weighted by Crippen LogP contribution is -2.25. The van der Waals surface area contributed by atoms with Crippen molar-refractivity contribution in [2.24, 2.45) is 0 Å². The van der Waals surface area contributed by atoms with E-state index in [9.17, 15) is 4.79 Å². The van der Waals surface area contributed by atoms with Crippen LogP contribution in [0, 0.1) is 6.92 Å². The molecule has 0 saturated carbocycles. The van der Waals surface area contributed by atoms with Crippen LogP contribution in [0.25, 0.3) is 33.9 Å². The van der Waals surface area contributed by atoms with E-state index >= 15 is 0 Å². The average molecular weight is 423 g/mol. The van der Waals surface area contributed by atoms with Crippen molar-refractivity contribution < 1.29 is 9.21 Å². The fourth-order valence-electron chi connectivity index (χ4n) is 3.52. The summed E-state index contributed by atoms with van der Waals surface area (Å²) in [4.78, 5) is 20.3. The zero-order valence-corrected chi connectivity index (χ0v) is 17.5. The van der Waals surface area contributed by atoms with Crippen LogP contribution in [0.15, 0.2) is 77.2 Å². The molecular formula is C25H21N5O2. The molecule has 1 amide bonds. The summed E-state index contributed by atoms with van der Waals surface area (Å²) in [5, 5.41) is 11.2. The van der Waals surface area contributed by atoms with Crippen LogP contribution in [0.5, 0.6) is 0 Å². The molecule has 7 heteroatoms. The van der Waals surface area contributed by atoms with Gasteiger partial charge in [0.25, 0.3) is 5.91 Å². The van der Waals surface area contributed by atoms with Gasteiger partial charge in [-0.15, -0.1) is 10.2 Å². The lowest BCUT2D eigenvalue weighted by atomic mass is 10.1. The van der Waals surface area contributed by atoms with Gasteiger partial charge in [0.2, 0.25) is 11.8 Å². The molecule has 2 heterocycles. The van der Waals surface area contributed by atoms with Gasteiger partial charge in [-0.3, -0.25) is 4.79 Å². The summed E-state index contributed by atoms with van der Waals surface area (Å²) >= 11 is 0. The maximum absolute atomic E-state index is 12.5. The highest BCUT2D eigenvalue weighted by Crippen LogP contribution is 2.24. The van der Waals surface area contributed by atoms with Gasteiger partial charge in [-0.1, -0.05) is 29.8 Å². The molecule has 0 aliphatic heterocycles. The van der Waals surface area contributed by atoms with Crippen molar-refractivity contribution in [1.29, 1.82) is 0 Å². The SMILES string of the molecule is Cc1cccc(-c2nnc(-c3ccc(C(=O)NCCc4nc5ccccc5[nH]4)cc3)o2)c1. The summed E-state index contributed by atoms with van der Waals surface area (Å²) in [5.74, 6) is 1.59. The highest BCUT2D eigenvalue weighted by molar-refractivity contribution is 5.94. The van der Waals surface area contributed by atoms with Gasteiger partial charge in [-0.2, -0.15) is 0 Å². The number of benzene rings is 3. The monoisotopic (exact) mass is 423 g/mol. The van der Waals surface area contributed by atoms with Crippen molar-refractivity contribution in [2.45, 2.75) is 13.3 Å². The van der Waals surface area contributed by atoms with E-state index in [4.69, 9.17) is 4.42 Å². The summed E-state index contributed by atoms with van der Waals surface area (Å²) in [6, 6.07) is 22.9. The number of fused-ring (bicyclic) bond motifs is 1. The minimum Gasteiger partial charge on any atom is -0.416 e. The smallest absolute Gasteiger partial charge is 0.251 e. The first-order chi connectivity index (χ1) is 15.7. The summed E-state index contributed by atoms with van der Waals surface area (Å²) in [6.07, 6.45) is 0.627. The summed E-state index contributed by atoms with van der Waals surface area (Å²) in [5.41, 5.74) is 5.25. The largest absolute Gasteiger partial charge is 0.416 e. The number of hydrogen-bond donors (Lipinski definition) is 2. The Balaban J connectivity index is 1.21. The number of imidazole rings is 1. The molecule has 0 fully saturated rings. The van der Waals surface area contributed by atoms with Gasteiger partial charge in [0, 0.05) is 29.7 Å². The molecule has 0 radical (unpaired) electrons. The average Bonchev–Trinajstić information content (AvgIpc) is 3.46. The summed E-state index contributed by atoms with van der Waals surface area (Å²) < 4.78 is 5.82. The standard InChI is InChI=1S/C25H21N5O2/c1-16-5-4-6-19(15-16)25-30-29-24(32-25)18-11-9-17(10-12-18)23(31)26-14-13-22-27-20-7-2-3-8-21(20)28-22/h2-12,15H,13-14H2,1H3,(H,26,31)(H,27,28). The van der Waals surface area contributed by atoms with E-state index in [1.54, 1.807) is 12.1 Å². The quantitative estimate of drug-likeness (QED) is 0.417. The van der Waals surface area contributed by atoms with Crippen LogP contribution in [0.2, 0.25) is 0 Å². The van der Waals surface area contributed by atoms with Gasteiger partial charge in [0.05, 0.1) is 11.0 Å². The Labute approximate surface area is 184 Å². The number of rotatable bonds is 6. The number of aromatic nitrogens is 4. The Morgan fingerprint density at radius 2 is 1.72 bits per heavy atom. The molecular weight excluding hydrogens is 402 g/mol. The second-order valence-corrected chi connectivity index (χ2v) is 7.57. The maximum atomic E-state index is 12.5. The fourth-order valence-corrected chi connectivity index (χ4v) is 3.52. The first kappa shape index (κ1) is 19.7. The Bertz CT molecular complexity index is 1350. The van der Waals surface area contributed by atoms with Crippen molar-refractivity contribution in [2.75, 3.05) is 6.54 Å². The molecule has 0 bridgehead atoms. The number of aromatic amines is 1. The Morgan fingerprint density at radius 3 is 2.50 bits per heavy atom. The van der Waals surface area contributed by atoms with Crippen LogP contribution in [0.3, 0.4) is 0 Å². The summed E-state index contributed by atoms with van der Waals surface area (Å²) in [7, 11) is 0. The lowest BCUT2D eigenvalue weighted by molar-refractivity contribution is 0.0954. The molecule has 0 aliphatic rings. The van der Waals surface area contributed by atoms with Crippen molar-refractivity contribution in [3.8, 4) is 22.9 Å². The highest BCUT2D eigenvalue weighted by Gasteiger charge is 2.12. The van der Waals surface area contributed by atoms with Gasteiger partial charge < -0.3 is 14.7 Å². The number of aryl methyl sites for hydroxylation is 1. The third kappa shape index (κ3) is 4.13. The molecule has 7 nitrogen and oxygen atoms in total. The number of hydrogen-bond acceptors (Lipinski definition) is 5. The topological polar surface area (TPSA) is 96.7 Å². The third-order valence-corrected chi connectivity index (χ3v) is 5.17. The van der Waals surface area contributed by atoms with Crippen LogP contribution < -0.4 is 5.32 Å². The Hall–Kier alpha value is -4.26. The van der Waals surface area contributed by atoms with E-state index in [2.05, 4.69) is 25.5 Å². The van der Waals surface area contributed by atoms with Gasteiger partial charge >= 0.3 is 0 Å². The molecule has 0 aliphatic carbocycles. The van der Waals surface area contributed by atoms with Crippen LogP contribution in [0.1, 0.15) is 21.7 Å². The zero-order chi connectivity index (χ0) is 21.9. The number of amides is 1. The Kier molecular flexibility index (Phi) is 5.21. The minimum atomic E-state index is -0.140. The molecule has 5 rings (SSSR count). The molecule has 0 atom stereocenters. The molecule has 5 aromatic rings. The third-order valence-electron chi connectivity index (χ3n) is 5.17. The van der Waals surface area contributed by atoms with E-state index in [0.717, 1.165) is 33.5 Å². The van der Waals surface area contributed by atoms with Crippen LogP contribution in [-0.2, 0) is 6.42 Å². The number of carbonyl (C=O) groups excluding carboxylic acids is 1. The highest BCUT2D eigenvalue weighted by atomic mass is 16.4. The number of H-pyrrole nitrogens is 1. The van der Waals surface area contributed by atoms with Crippen LogP contribution in [0.4, 0.5) is 0 Å². The van der Waals surface area contributed by atoms with Crippen molar-refractivity contribution in [3.05, 3.63) is 89.7 Å². The van der Waals surface area contributed by atoms with Crippen molar-refractivity contribution in [1.82, 2.24) is 25.5 Å². The number of nitrogens with one attached hydrogen (secondary N) is 2. The number of nitrogens with zero attached hydrogens (tertiary/aromatic N) is 3. The van der Waals surface area contributed by atoms with E-state index < -0.39 is 0 Å². The van der Waals surface area contributed by atoms with E-state index in [-0.39, 0.29) is 5.91 Å². The van der Waals surface area contributed by atoms with E-state index in [0.29, 0.717) is 30.3 Å². The van der Waals surface area contributed by atoms with Gasteiger partial charge in [-0.25, -0.2) is 4.98 Å². The van der Waals surface area contributed by atoms with Gasteiger partial charge in [0.1, 0.15) is 5.82 Å². The molecule has 0 spiro atoms. The van der Waals surface area contributed by atoms with E-state index in [1.165, 1.54) is 0 Å². The zero-order valence-electron chi connectivity index (χ0n) is 17.5. The molecule has 158 valence electrons. The van der Waals surface area contributed by atoms with Gasteiger partial charge in [0.15, 0.2) is 0 Å². The minimum absolute atomic E-state index is 0.140. The normalized spacial score (nSPS) is 11.0.